The highest BCUT2D eigenvalue weighted by Crippen LogP contribution is 2.39. The summed E-state index contributed by atoms with van der Waals surface area (Å²) in [4.78, 5) is 14.6. The molecule has 4 heteroatoms. The molecule has 2 saturated heterocycles. The molecular weight excluding hydrogens is 256 g/mol. The fraction of sp³-hybridized carbons (Fsp3) is 0.933. The fourth-order valence-electron chi connectivity index (χ4n) is 3.19. The van der Waals surface area contributed by atoms with Gasteiger partial charge < -0.3 is 4.90 Å². The van der Waals surface area contributed by atoms with E-state index in [0.717, 1.165) is 19.4 Å². The first kappa shape index (κ1) is 15.2. The summed E-state index contributed by atoms with van der Waals surface area (Å²) >= 11 is 2.04. The Hall–Kier alpha value is -0.220. The molecule has 3 nitrogen and oxygen atoms in total. The van der Waals surface area contributed by atoms with Crippen LogP contribution in [0, 0.1) is 5.92 Å². The van der Waals surface area contributed by atoms with Gasteiger partial charge >= 0.3 is 0 Å². The smallest absolute Gasteiger partial charge is 0.241 e. The zero-order valence-corrected chi connectivity index (χ0v) is 13.6. The van der Waals surface area contributed by atoms with E-state index in [0.29, 0.717) is 11.8 Å². The van der Waals surface area contributed by atoms with Gasteiger partial charge in [0.25, 0.3) is 0 Å². The molecule has 1 amide bonds. The molecule has 2 rings (SSSR count). The van der Waals surface area contributed by atoms with Gasteiger partial charge in [-0.2, -0.15) is 11.8 Å². The topological polar surface area (TPSA) is 32.3 Å². The van der Waals surface area contributed by atoms with E-state index in [1.165, 1.54) is 18.6 Å². The second-order valence-electron chi connectivity index (χ2n) is 6.64. The molecule has 0 spiro atoms. The molecule has 19 heavy (non-hydrogen) atoms. The average Bonchev–Trinajstić information content (AvgIpc) is 2.88. The van der Waals surface area contributed by atoms with Gasteiger partial charge in [-0.15, -0.1) is 0 Å². The summed E-state index contributed by atoms with van der Waals surface area (Å²) < 4.78 is 0.273. The zero-order valence-electron chi connectivity index (χ0n) is 12.7. The van der Waals surface area contributed by atoms with Crippen LogP contribution in [0.5, 0.6) is 0 Å². The van der Waals surface area contributed by atoms with Gasteiger partial charge in [0.2, 0.25) is 5.91 Å². The van der Waals surface area contributed by atoms with Crippen LogP contribution in [0.1, 0.15) is 53.4 Å². The van der Waals surface area contributed by atoms with E-state index >= 15 is 0 Å². The van der Waals surface area contributed by atoms with Crippen molar-refractivity contribution in [1.29, 1.82) is 0 Å². The monoisotopic (exact) mass is 284 g/mol. The van der Waals surface area contributed by atoms with Crippen molar-refractivity contribution in [1.82, 2.24) is 10.2 Å². The van der Waals surface area contributed by atoms with Crippen molar-refractivity contribution >= 4 is 17.7 Å². The maximum atomic E-state index is 12.5. The van der Waals surface area contributed by atoms with Crippen LogP contribution >= 0.6 is 11.8 Å². The molecule has 2 fully saturated rings. The van der Waals surface area contributed by atoms with E-state index in [2.05, 4.69) is 37.9 Å². The predicted octanol–water partition coefficient (Wildman–Crippen LogP) is 2.85. The van der Waals surface area contributed by atoms with Gasteiger partial charge in [0, 0.05) is 11.3 Å². The molecule has 0 aromatic heterocycles. The van der Waals surface area contributed by atoms with Gasteiger partial charge in [-0.3, -0.25) is 10.1 Å². The van der Waals surface area contributed by atoms with E-state index in [-0.39, 0.29) is 17.0 Å². The number of carbonyl (C=O) groups excluding carboxylic acids is 1. The first-order chi connectivity index (χ1) is 8.95. The van der Waals surface area contributed by atoms with Crippen LogP contribution in [0.4, 0.5) is 0 Å². The average molecular weight is 284 g/mol. The van der Waals surface area contributed by atoms with E-state index < -0.39 is 0 Å². The Balaban J connectivity index is 2.07. The minimum absolute atomic E-state index is 0.0405. The van der Waals surface area contributed by atoms with Gasteiger partial charge in [-0.05, 0) is 44.3 Å². The highest BCUT2D eigenvalue weighted by atomic mass is 32.2. The molecular formula is C15H28N2OS. The molecule has 2 aliphatic rings. The molecule has 2 aliphatic heterocycles. The molecule has 0 aromatic rings. The minimum atomic E-state index is 0.0405. The maximum absolute atomic E-state index is 12.5. The summed E-state index contributed by atoms with van der Waals surface area (Å²) in [5.41, 5.74) is 0. The third kappa shape index (κ3) is 3.46. The quantitative estimate of drug-likeness (QED) is 0.842. The Morgan fingerprint density at radius 3 is 2.79 bits per heavy atom. The summed E-state index contributed by atoms with van der Waals surface area (Å²) in [6.07, 6.45) is 4.74. The van der Waals surface area contributed by atoms with Crippen LogP contribution in [0.25, 0.3) is 0 Å². The largest absolute Gasteiger partial charge is 0.324 e. The normalized spacial score (nSPS) is 35.6. The third-order valence-corrected chi connectivity index (χ3v) is 5.78. The Morgan fingerprint density at radius 2 is 2.26 bits per heavy atom. The summed E-state index contributed by atoms with van der Waals surface area (Å²) in [6, 6.07) is 0.0405. The molecule has 2 heterocycles. The van der Waals surface area contributed by atoms with E-state index in [4.69, 9.17) is 0 Å². The van der Waals surface area contributed by atoms with Crippen molar-refractivity contribution in [2.24, 2.45) is 5.92 Å². The lowest BCUT2D eigenvalue weighted by Crippen LogP contribution is -2.45. The van der Waals surface area contributed by atoms with Crippen LogP contribution in [0.3, 0.4) is 0 Å². The molecule has 1 N–H and O–H groups in total. The van der Waals surface area contributed by atoms with Gasteiger partial charge in [-0.1, -0.05) is 20.8 Å². The Morgan fingerprint density at radius 1 is 1.53 bits per heavy atom. The van der Waals surface area contributed by atoms with Gasteiger partial charge in [0.05, 0.1) is 12.2 Å². The number of hydrogen-bond acceptors (Lipinski definition) is 3. The lowest BCUT2D eigenvalue weighted by molar-refractivity contribution is -0.130. The van der Waals surface area contributed by atoms with E-state index in [1.54, 1.807) is 0 Å². The van der Waals surface area contributed by atoms with Crippen molar-refractivity contribution < 1.29 is 4.79 Å². The first-order valence-electron chi connectivity index (χ1n) is 7.65. The molecule has 0 saturated carbocycles. The first-order valence-corrected chi connectivity index (χ1v) is 8.64. The Labute approximate surface area is 121 Å². The molecule has 0 aliphatic carbocycles. The van der Waals surface area contributed by atoms with Crippen molar-refractivity contribution in [3.05, 3.63) is 0 Å². The maximum Gasteiger partial charge on any atom is 0.241 e. The number of nitrogens with one attached hydrogen (secondary N) is 1. The van der Waals surface area contributed by atoms with Gasteiger partial charge in [0.15, 0.2) is 0 Å². The molecule has 110 valence electrons. The molecule has 3 atom stereocenters. The van der Waals surface area contributed by atoms with E-state index in [9.17, 15) is 4.79 Å². The number of carbonyl (C=O) groups is 1. The number of hydrogen-bond donors (Lipinski definition) is 1. The van der Waals surface area contributed by atoms with Crippen LogP contribution in [-0.2, 0) is 4.79 Å². The molecule has 0 bridgehead atoms. The second kappa shape index (κ2) is 6.04. The SMILES string of the molecule is CCC1NC(CC(C)C)N(CC2(C)CCCS2)C1=O. The zero-order chi connectivity index (χ0) is 14.0. The highest BCUT2D eigenvalue weighted by Gasteiger charge is 2.42. The van der Waals surface area contributed by atoms with Crippen molar-refractivity contribution in [2.75, 3.05) is 12.3 Å². The van der Waals surface area contributed by atoms with Crippen LogP contribution in [-0.4, -0.2) is 40.1 Å². The second-order valence-corrected chi connectivity index (χ2v) is 8.32. The minimum Gasteiger partial charge on any atom is -0.324 e. The Kier molecular flexibility index (Phi) is 4.83. The number of amides is 1. The fourth-order valence-corrected chi connectivity index (χ4v) is 4.49. The van der Waals surface area contributed by atoms with Crippen molar-refractivity contribution in [3.63, 3.8) is 0 Å². The Bertz CT molecular complexity index is 326. The predicted molar refractivity (Wildman–Crippen MR) is 82.3 cm³/mol. The summed E-state index contributed by atoms with van der Waals surface area (Å²) in [6.45, 7) is 9.80. The van der Waals surface area contributed by atoms with Crippen LogP contribution in [0.15, 0.2) is 0 Å². The number of rotatable bonds is 5. The van der Waals surface area contributed by atoms with Gasteiger partial charge in [0.1, 0.15) is 0 Å². The summed E-state index contributed by atoms with van der Waals surface area (Å²) in [5, 5.41) is 3.53. The highest BCUT2D eigenvalue weighted by molar-refractivity contribution is 8.00. The lowest BCUT2D eigenvalue weighted by Gasteiger charge is -2.33. The lowest BCUT2D eigenvalue weighted by atomic mass is 10.0. The van der Waals surface area contributed by atoms with Crippen molar-refractivity contribution in [2.45, 2.75) is 70.3 Å². The van der Waals surface area contributed by atoms with Crippen molar-refractivity contribution in [3.8, 4) is 0 Å². The third-order valence-electron chi connectivity index (χ3n) is 4.26. The van der Waals surface area contributed by atoms with E-state index in [1.807, 2.05) is 11.8 Å². The van der Waals surface area contributed by atoms with Crippen LogP contribution in [0.2, 0.25) is 0 Å². The summed E-state index contributed by atoms with van der Waals surface area (Å²) in [5.74, 6) is 2.19. The molecule has 0 aromatic carbocycles. The summed E-state index contributed by atoms with van der Waals surface area (Å²) in [7, 11) is 0. The standard InChI is InChI=1S/C15H28N2OS/c1-5-12-14(18)17(13(16-12)9-11(2)3)10-15(4)7-6-8-19-15/h11-13,16H,5-10H2,1-4H3. The van der Waals surface area contributed by atoms with Gasteiger partial charge in [-0.25, -0.2) is 0 Å². The molecule has 3 unspecified atom stereocenters. The van der Waals surface area contributed by atoms with Crippen LogP contribution < -0.4 is 5.32 Å². The number of nitrogens with zero attached hydrogens (tertiary/aromatic N) is 1. The number of thioether (sulfide) groups is 1. The molecule has 0 radical (unpaired) electrons.